The van der Waals surface area contributed by atoms with Gasteiger partial charge in [-0.2, -0.15) is 0 Å². The molecule has 1 rings (SSSR count). The molecule has 0 saturated carbocycles. The van der Waals surface area contributed by atoms with E-state index in [9.17, 15) is 0 Å². The fourth-order valence-corrected chi connectivity index (χ4v) is 0.968. The highest BCUT2D eigenvalue weighted by atomic mass is 14.0. The van der Waals surface area contributed by atoms with Crippen LogP contribution >= 0.6 is 0 Å². The van der Waals surface area contributed by atoms with Crippen LogP contribution in [0.1, 0.15) is 47.0 Å². The van der Waals surface area contributed by atoms with Gasteiger partial charge < -0.3 is 0 Å². The van der Waals surface area contributed by atoms with Gasteiger partial charge in [-0.05, 0) is 33.1 Å². The van der Waals surface area contributed by atoms with Crippen molar-refractivity contribution in [1.29, 1.82) is 0 Å². The molecule has 0 N–H and O–H groups in total. The van der Waals surface area contributed by atoms with Gasteiger partial charge in [-0.3, -0.25) is 0 Å². The molecule has 0 atom stereocenters. The highest BCUT2D eigenvalue weighted by molar-refractivity contribution is 5.02. The minimum absolute atomic E-state index is 1.33. The smallest absolute Gasteiger partial charge is 0.0320 e. The quantitative estimate of drug-likeness (QED) is 0.398. The Balaban J connectivity index is 0. The molecule has 0 heterocycles. The summed E-state index contributed by atoms with van der Waals surface area (Å²) in [6.45, 7) is 11.6. The van der Waals surface area contributed by atoms with Gasteiger partial charge in [-0.1, -0.05) is 50.3 Å². The van der Waals surface area contributed by atoms with Crippen molar-refractivity contribution in [2.24, 2.45) is 0 Å². The van der Waals surface area contributed by atoms with E-state index in [1.165, 1.54) is 19.3 Å². The van der Waals surface area contributed by atoms with E-state index in [2.05, 4.69) is 19.6 Å². The van der Waals surface area contributed by atoms with Crippen LogP contribution in [0.3, 0.4) is 0 Å². The fourth-order valence-electron chi connectivity index (χ4n) is 0.968. The molecule has 0 aromatic carbocycles. The molecule has 0 saturated heterocycles. The standard InChI is InChI=1S/C6H10.C5H8.C2H6/c1-6-4-2-3-5-6;1-3-5-4-2;1-2/h4H,2-3,5H2,1H3;3-5H,1H2,2H3;1-2H3/b;5-4-;. The molecule has 0 unspecified atom stereocenters. The lowest BCUT2D eigenvalue weighted by Gasteiger charge is -1.79. The van der Waals surface area contributed by atoms with Gasteiger partial charge in [0.25, 0.3) is 0 Å². The van der Waals surface area contributed by atoms with Crippen LogP contribution in [0.2, 0.25) is 0 Å². The topological polar surface area (TPSA) is 0 Å². The molecule has 76 valence electrons. The van der Waals surface area contributed by atoms with Gasteiger partial charge in [0.05, 0.1) is 0 Å². The Hall–Kier alpha value is -0.780. The minimum atomic E-state index is 1.33. The maximum Gasteiger partial charge on any atom is -0.0320 e. The molecule has 0 aliphatic heterocycles. The predicted octanol–water partition coefficient (Wildman–Crippen LogP) is 4.89. The number of rotatable bonds is 1. The van der Waals surface area contributed by atoms with E-state index in [1.54, 1.807) is 11.6 Å². The maximum absolute atomic E-state index is 3.46. The molecule has 1 aliphatic carbocycles. The van der Waals surface area contributed by atoms with Crippen molar-refractivity contribution in [3.8, 4) is 0 Å². The van der Waals surface area contributed by atoms with E-state index in [0.29, 0.717) is 0 Å². The summed E-state index contributed by atoms with van der Waals surface area (Å²) in [6.07, 6.45) is 12.0. The summed E-state index contributed by atoms with van der Waals surface area (Å²) in [6, 6.07) is 0. The Morgan fingerprint density at radius 3 is 2.08 bits per heavy atom. The molecule has 0 spiro atoms. The van der Waals surface area contributed by atoms with E-state index in [0.717, 1.165) is 0 Å². The van der Waals surface area contributed by atoms with Gasteiger partial charge in [0.1, 0.15) is 0 Å². The molecule has 0 amide bonds. The van der Waals surface area contributed by atoms with Crippen LogP contribution in [0.4, 0.5) is 0 Å². The molecule has 0 radical (unpaired) electrons. The van der Waals surface area contributed by atoms with E-state index in [1.807, 2.05) is 32.9 Å². The van der Waals surface area contributed by atoms with Crippen LogP contribution in [0.25, 0.3) is 0 Å². The Morgan fingerprint density at radius 2 is 2.00 bits per heavy atom. The zero-order chi connectivity index (χ0) is 10.5. The summed E-state index contributed by atoms with van der Waals surface area (Å²) in [4.78, 5) is 0. The second kappa shape index (κ2) is 13.8. The predicted molar refractivity (Wildman–Crippen MR) is 64.0 cm³/mol. The molecule has 0 fully saturated rings. The van der Waals surface area contributed by atoms with Crippen molar-refractivity contribution in [3.05, 3.63) is 36.5 Å². The minimum Gasteiger partial charge on any atom is -0.0991 e. The Bertz CT molecular complexity index is 149. The third-order valence-electron chi connectivity index (χ3n) is 1.60. The van der Waals surface area contributed by atoms with E-state index in [-0.39, 0.29) is 0 Å². The third-order valence-corrected chi connectivity index (χ3v) is 1.60. The van der Waals surface area contributed by atoms with Gasteiger partial charge in [0.2, 0.25) is 0 Å². The lowest BCUT2D eigenvalue weighted by atomic mass is 10.3. The SMILES string of the molecule is C=C/C=C\C.CC.CC1=CCCC1. The largest absolute Gasteiger partial charge is 0.0991 e. The molecule has 1 aliphatic rings. The number of hydrogen-bond acceptors (Lipinski definition) is 0. The highest BCUT2D eigenvalue weighted by Crippen LogP contribution is 2.15. The summed E-state index contributed by atoms with van der Waals surface area (Å²) in [5.74, 6) is 0. The van der Waals surface area contributed by atoms with Crippen LogP contribution in [0.5, 0.6) is 0 Å². The first-order valence-corrected chi connectivity index (χ1v) is 5.20. The summed E-state index contributed by atoms with van der Waals surface area (Å²) in [7, 11) is 0. The molecule has 0 nitrogen and oxygen atoms in total. The van der Waals surface area contributed by atoms with Crippen LogP contribution in [-0.4, -0.2) is 0 Å². The molecule has 13 heavy (non-hydrogen) atoms. The Morgan fingerprint density at radius 1 is 1.38 bits per heavy atom. The monoisotopic (exact) mass is 180 g/mol. The number of allylic oxidation sites excluding steroid dienone is 5. The van der Waals surface area contributed by atoms with Gasteiger partial charge in [0.15, 0.2) is 0 Å². The third kappa shape index (κ3) is 14.1. The summed E-state index contributed by atoms with van der Waals surface area (Å²) in [5.41, 5.74) is 1.58. The van der Waals surface area contributed by atoms with E-state index in [4.69, 9.17) is 0 Å². The first kappa shape index (κ1) is 14.7. The van der Waals surface area contributed by atoms with Crippen LogP contribution in [-0.2, 0) is 0 Å². The van der Waals surface area contributed by atoms with Crippen molar-refractivity contribution in [2.75, 3.05) is 0 Å². The van der Waals surface area contributed by atoms with Crippen molar-refractivity contribution >= 4 is 0 Å². The average Bonchev–Trinajstić information content (AvgIpc) is 2.62. The van der Waals surface area contributed by atoms with Crippen LogP contribution in [0, 0.1) is 0 Å². The van der Waals surface area contributed by atoms with E-state index >= 15 is 0 Å². The average molecular weight is 180 g/mol. The molecule has 0 bridgehead atoms. The highest BCUT2D eigenvalue weighted by Gasteiger charge is 1.94. The zero-order valence-electron chi connectivity index (χ0n) is 9.64. The van der Waals surface area contributed by atoms with Gasteiger partial charge >= 0.3 is 0 Å². The lowest BCUT2D eigenvalue weighted by Crippen LogP contribution is -1.59. The second-order valence-electron chi connectivity index (χ2n) is 2.70. The Labute approximate surface area is 84.1 Å². The number of hydrogen-bond donors (Lipinski definition) is 0. The van der Waals surface area contributed by atoms with Gasteiger partial charge in [-0.25, -0.2) is 0 Å². The summed E-state index contributed by atoms with van der Waals surface area (Å²) >= 11 is 0. The summed E-state index contributed by atoms with van der Waals surface area (Å²) in [5, 5.41) is 0. The molecular weight excluding hydrogens is 156 g/mol. The molecule has 0 aromatic rings. The van der Waals surface area contributed by atoms with Crippen molar-refractivity contribution in [1.82, 2.24) is 0 Å². The van der Waals surface area contributed by atoms with Crippen LogP contribution < -0.4 is 0 Å². The Kier molecular flexibility index (Phi) is 15.6. The molecule has 0 heteroatoms. The fraction of sp³-hybridized carbons (Fsp3) is 0.538. The first-order valence-electron chi connectivity index (χ1n) is 5.20. The summed E-state index contributed by atoms with van der Waals surface area (Å²) < 4.78 is 0. The second-order valence-corrected chi connectivity index (χ2v) is 2.70. The van der Waals surface area contributed by atoms with Crippen molar-refractivity contribution in [2.45, 2.75) is 47.0 Å². The lowest BCUT2D eigenvalue weighted by molar-refractivity contribution is 0.907. The zero-order valence-corrected chi connectivity index (χ0v) is 9.64. The molecule has 0 aromatic heterocycles. The van der Waals surface area contributed by atoms with Gasteiger partial charge in [-0.15, -0.1) is 0 Å². The van der Waals surface area contributed by atoms with E-state index < -0.39 is 0 Å². The van der Waals surface area contributed by atoms with Crippen molar-refractivity contribution in [3.63, 3.8) is 0 Å². The first-order chi connectivity index (χ1) is 6.31. The van der Waals surface area contributed by atoms with Crippen LogP contribution in [0.15, 0.2) is 36.5 Å². The maximum atomic E-state index is 3.46. The van der Waals surface area contributed by atoms with Gasteiger partial charge in [0, 0.05) is 0 Å². The van der Waals surface area contributed by atoms with Crippen molar-refractivity contribution < 1.29 is 0 Å². The normalized spacial score (nSPS) is 13.7. The molecular formula is C13H24.